The second-order valence-corrected chi connectivity index (χ2v) is 4.53. The Labute approximate surface area is 96.6 Å². The molecule has 1 N–H and O–H groups in total. The van der Waals surface area contributed by atoms with Gasteiger partial charge in [0.1, 0.15) is 11.3 Å². The minimum absolute atomic E-state index is 0.0141. The van der Waals surface area contributed by atoms with Crippen LogP contribution in [0.1, 0.15) is 41.1 Å². The van der Waals surface area contributed by atoms with Crippen molar-refractivity contribution in [2.75, 3.05) is 0 Å². The number of hydrogen-bond acceptors (Lipinski definition) is 3. The lowest BCUT2D eigenvalue weighted by Gasteiger charge is -2.08. The summed E-state index contributed by atoms with van der Waals surface area (Å²) in [5.41, 5.74) is 0.290. The molecule has 0 bridgehead atoms. The first-order valence-corrected chi connectivity index (χ1v) is 5.45. The minimum Gasteiger partial charge on any atom is -0.477 e. The van der Waals surface area contributed by atoms with Crippen molar-refractivity contribution in [1.29, 1.82) is 0 Å². The van der Waals surface area contributed by atoms with E-state index in [0.29, 0.717) is 6.42 Å². The van der Waals surface area contributed by atoms with Gasteiger partial charge in [-0.05, 0) is 25.7 Å². The molecule has 1 aliphatic rings. The SMILES string of the molecule is Cc1onc(CC2CCC(F)(F)C2)c1C(=O)O. The molecule has 17 heavy (non-hydrogen) atoms. The van der Waals surface area contributed by atoms with Gasteiger partial charge in [0.15, 0.2) is 0 Å². The van der Waals surface area contributed by atoms with Crippen LogP contribution < -0.4 is 0 Å². The fourth-order valence-corrected chi connectivity index (χ4v) is 2.32. The van der Waals surface area contributed by atoms with Gasteiger partial charge in [0, 0.05) is 12.8 Å². The third-order valence-electron chi connectivity index (χ3n) is 3.13. The van der Waals surface area contributed by atoms with Gasteiger partial charge >= 0.3 is 5.97 Å². The van der Waals surface area contributed by atoms with Crippen LogP contribution in [-0.2, 0) is 6.42 Å². The molecule has 4 nitrogen and oxygen atoms in total. The van der Waals surface area contributed by atoms with Gasteiger partial charge < -0.3 is 9.63 Å². The highest BCUT2D eigenvalue weighted by molar-refractivity contribution is 5.89. The van der Waals surface area contributed by atoms with Gasteiger partial charge in [-0.1, -0.05) is 5.16 Å². The summed E-state index contributed by atoms with van der Waals surface area (Å²) in [7, 11) is 0. The molecule has 1 saturated carbocycles. The smallest absolute Gasteiger partial charge is 0.341 e. The molecule has 6 heteroatoms. The van der Waals surface area contributed by atoms with E-state index in [9.17, 15) is 13.6 Å². The molecule has 1 aromatic rings. The number of halogens is 2. The summed E-state index contributed by atoms with van der Waals surface area (Å²) in [5, 5.41) is 12.6. The number of carboxylic acids is 1. The number of rotatable bonds is 3. The van der Waals surface area contributed by atoms with Gasteiger partial charge in [0.2, 0.25) is 5.92 Å². The van der Waals surface area contributed by atoms with Crippen molar-refractivity contribution in [3.05, 3.63) is 17.0 Å². The minimum atomic E-state index is -2.62. The van der Waals surface area contributed by atoms with E-state index in [2.05, 4.69) is 5.16 Å². The Hall–Kier alpha value is -1.46. The molecule has 1 atom stereocenters. The Morgan fingerprint density at radius 2 is 2.35 bits per heavy atom. The maximum Gasteiger partial charge on any atom is 0.341 e. The molecule has 0 amide bonds. The molecule has 0 saturated heterocycles. The summed E-state index contributed by atoms with van der Waals surface area (Å²) in [6.45, 7) is 1.50. The molecule has 0 aromatic carbocycles. The number of carboxylic acid groups (broad SMARTS) is 1. The average Bonchev–Trinajstić information content (AvgIpc) is 2.71. The monoisotopic (exact) mass is 245 g/mol. The quantitative estimate of drug-likeness (QED) is 0.889. The van der Waals surface area contributed by atoms with E-state index in [-0.39, 0.29) is 42.2 Å². The van der Waals surface area contributed by atoms with E-state index in [4.69, 9.17) is 9.63 Å². The second-order valence-electron chi connectivity index (χ2n) is 4.53. The van der Waals surface area contributed by atoms with Crippen LogP contribution in [0.5, 0.6) is 0 Å². The van der Waals surface area contributed by atoms with Crippen LogP contribution in [0.15, 0.2) is 4.52 Å². The van der Waals surface area contributed by atoms with Gasteiger partial charge in [-0.2, -0.15) is 0 Å². The first-order chi connectivity index (χ1) is 7.89. The lowest BCUT2D eigenvalue weighted by atomic mass is 9.99. The van der Waals surface area contributed by atoms with Crippen molar-refractivity contribution < 1.29 is 23.2 Å². The van der Waals surface area contributed by atoms with E-state index in [1.165, 1.54) is 6.92 Å². The van der Waals surface area contributed by atoms with Gasteiger partial charge in [0.05, 0.1) is 5.69 Å². The average molecular weight is 245 g/mol. The number of alkyl halides is 2. The zero-order valence-corrected chi connectivity index (χ0v) is 9.37. The van der Waals surface area contributed by atoms with Crippen LogP contribution in [-0.4, -0.2) is 22.2 Å². The standard InChI is InChI=1S/C11H13F2NO3/c1-6-9(10(15)16)8(14-17-6)4-7-2-3-11(12,13)5-7/h7H,2-5H2,1H3,(H,15,16). The third kappa shape index (κ3) is 2.45. The largest absolute Gasteiger partial charge is 0.477 e. The molecule has 1 aliphatic carbocycles. The number of hydrogen-bond donors (Lipinski definition) is 1. The van der Waals surface area contributed by atoms with E-state index >= 15 is 0 Å². The van der Waals surface area contributed by atoms with Crippen molar-refractivity contribution in [3.8, 4) is 0 Å². The van der Waals surface area contributed by atoms with Gasteiger partial charge in [-0.3, -0.25) is 0 Å². The van der Waals surface area contributed by atoms with Gasteiger partial charge in [-0.25, -0.2) is 13.6 Å². The number of carbonyl (C=O) groups is 1. The van der Waals surface area contributed by atoms with E-state index in [0.717, 1.165) is 0 Å². The van der Waals surface area contributed by atoms with Crippen molar-refractivity contribution >= 4 is 5.97 Å². The lowest BCUT2D eigenvalue weighted by Crippen LogP contribution is -2.12. The fourth-order valence-electron chi connectivity index (χ4n) is 2.32. The first-order valence-electron chi connectivity index (χ1n) is 5.45. The summed E-state index contributed by atoms with van der Waals surface area (Å²) >= 11 is 0. The van der Waals surface area contributed by atoms with Crippen molar-refractivity contribution in [1.82, 2.24) is 5.16 Å². The molecule has 0 aliphatic heterocycles. The maximum absolute atomic E-state index is 13.0. The molecule has 1 heterocycles. The van der Waals surface area contributed by atoms with Crippen molar-refractivity contribution in [3.63, 3.8) is 0 Å². The number of nitrogens with zero attached hydrogens (tertiary/aromatic N) is 1. The van der Waals surface area contributed by atoms with E-state index < -0.39 is 11.9 Å². The summed E-state index contributed by atoms with van der Waals surface area (Å²) in [4.78, 5) is 11.0. The summed E-state index contributed by atoms with van der Waals surface area (Å²) in [5.74, 6) is -3.74. The molecular weight excluding hydrogens is 232 g/mol. The summed E-state index contributed by atoms with van der Waals surface area (Å²) < 4.78 is 30.8. The first kappa shape index (κ1) is 12.0. The van der Waals surface area contributed by atoms with Gasteiger partial charge in [0.25, 0.3) is 0 Å². The predicted octanol–water partition coefficient (Wildman–Crippen LogP) is 2.66. The molecule has 0 radical (unpaired) electrons. The lowest BCUT2D eigenvalue weighted by molar-refractivity contribution is 0.00502. The molecule has 1 unspecified atom stereocenters. The van der Waals surface area contributed by atoms with Gasteiger partial charge in [-0.15, -0.1) is 0 Å². The molecule has 1 aromatic heterocycles. The van der Waals surface area contributed by atoms with E-state index in [1.807, 2.05) is 0 Å². The Bertz CT molecular complexity index is 442. The topological polar surface area (TPSA) is 63.3 Å². The second kappa shape index (κ2) is 4.09. The fraction of sp³-hybridized carbons (Fsp3) is 0.636. The number of aryl methyl sites for hydroxylation is 1. The van der Waals surface area contributed by atoms with Crippen LogP contribution >= 0.6 is 0 Å². The maximum atomic E-state index is 13.0. The highest BCUT2D eigenvalue weighted by Crippen LogP contribution is 2.40. The van der Waals surface area contributed by atoms with Crippen molar-refractivity contribution in [2.45, 2.75) is 38.5 Å². The summed E-state index contributed by atoms with van der Waals surface area (Å²) in [6, 6.07) is 0. The Balaban J connectivity index is 2.12. The Morgan fingerprint density at radius 1 is 1.65 bits per heavy atom. The zero-order chi connectivity index (χ0) is 12.6. The van der Waals surface area contributed by atoms with Crippen molar-refractivity contribution in [2.24, 2.45) is 5.92 Å². The molecule has 94 valence electrons. The Kier molecular flexibility index (Phi) is 2.89. The van der Waals surface area contributed by atoms with Crippen LogP contribution in [0, 0.1) is 12.8 Å². The molecular formula is C11H13F2NO3. The molecule has 1 fully saturated rings. The summed E-state index contributed by atoms with van der Waals surface area (Å²) in [6.07, 6.45) is 0.321. The Morgan fingerprint density at radius 3 is 2.88 bits per heavy atom. The molecule has 2 rings (SSSR count). The normalized spacial score (nSPS) is 22.9. The third-order valence-corrected chi connectivity index (χ3v) is 3.13. The molecule has 0 spiro atoms. The highest BCUT2D eigenvalue weighted by Gasteiger charge is 2.40. The predicted molar refractivity (Wildman–Crippen MR) is 54.2 cm³/mol. The van der Waals surface area contributed by atoms with E-state index in [1.54, 1.807) is 0 Å². The van der Waals surface area contributed by atoms with Crippen LogP contribution in [0.3, 0.4) is 0 Å². The zero-order valence-electron chi connectivity index (χ0n) is 9.37. The van der Waals surface area contributed by atoms with Crippen LogP contribution in [0.4, 0.5) is 8.78 Å². The highest BCUT2D eigenvalue weighted by atomic mass is 19.3. The van der Waals surface area contributed by atoms with Crippen LogP contribution in [0.2, 0.25) is 0 Å². The number of aromatic nitrogens is 1. The van der Waals surface area contributed by atoms with Crippen LogP contribution in [0.25, 0.3) is 0 Å². The number of aromatic carboxylic acids is 1.